The summed E-state index contributed by atoms with van der Waals surface area (Å²) in [5, 5.41) is 7.70. The topological polar surface area (TPSA) is 42.2 Å². The Morgan fingerprint density at radius 3 is 2.94 bits per heavy atom. The molecule has 1 atom stereocenters. The Bertz CT molecular complexity index is 513. The highest BCUT2D eigenvalue weighted by molar-refractivity contribution is 5.45. The van der Waals surface area contributed by atoms with Crippen LogP contribution in [0.2, 0.25) is 0 Å². The normalized spacial score (nSPS) is 18.9. The molecule has 4 heteroatoms. The van der Waals surface area contributed by atoms with Crippen LogP contribution in [0.25, 0.3) is 5.65 Å². The van der Waals surface area contributed by atoms with Gasteiger partial charge in [0.1, 0.15) is 5.82 Å². The van der Waals surface area contributed by atoms with Gasteiger partial charge in [0.15, 0.2) is 5.65 Å². The fourth-order valence-electron chi connectivity index (χ4n) is 2.88. The Balaban J connectivity index is 1.70. The van der Waals surface area contributed by atoms with Crippen molar-refractivity contribution < 1.29 is 0 Å². The van der Waals surface area contributed by atoms with E-state index in [0.717, 1.165) is 17.4 Å². The van der Waals surface area contributed by atoms with E-state index < -0.39 is 0 Å². The summed E-state index contributed by atoms with van der Waals surface area (Å²) in [6, 6.07) is 4.43. The molecule has 4 nitrogen and oxygen atoms in total. The third kappa shape index (κ3) is 2.33. The number of anilines is 1. The Morgan fingerprint density at radius 1 is 1.28 bits per heavy atom. The molecule has 0 spiro atoms. The van der Waals surface area contributed by atoms with E-state index >= 15 is 0 Å². The Kier molecular flexibility index (Phi) is 3.17. The van der Waals surface area contributed by atoms with E-state index in [2.05, 4.69) is 22.3 Å². The maximum absolute atomic E-state index is 4.56. The molecule has 1 fully saturated rings. The predicted octanol–water partition coefficient (Wildman–Crippen LogP) is 3.11. The van der Waals surface area contributed by atoms with Gasteiger partial charge < -0.3 is 5.32 Å². The van der Waals surface area contributed by atoms with Crippen LogP contribution in [-0.4, -0.2) is 20.6 Å². The minimum atomic E-state index is 0.503. The van der Waals surface area contributed by atoms with Crippen molar-refractivity contribution in [2.24, 2.45) is 5.92 Å². The van der Waals surface area contributed by atoms with Gasteiger partial charge in [-0.1, -0.05) is 19.3 Å². The summed E-state index contributed by atoms with van der Waals surface area (Å²) in [5.41, 5.74) is 0.899. The quantitative estimate of drug-likeness (QED) is 0.902. The molecule has 0 aromatic carbocycles. The molecular weight excluding hydrogens is 224 g/mol. The number of fused-ring (bicyclic) bond motifs is 1. The molecule has 1 saturated carbocycles. The smallest absolute Gasteiger partial charge is 0.157 e. The first kappa shape index (κ1) is 11.5. The fourth-order valence-corrected chi connectivity index (χ4v) is 2.88. The second-order valence-corrected chi connectivity index (χ2v) is 5.28. The van der Waals surface area contributed by atoms with Crippen LogP contribution in [0.1, 0.15) is 39.0 Å². The summed E-state index contributed by atoms with van der Waals surface area (Å²) >= 11 is 0. The highest BCUT2D eigenvalue weighted by atomic mass is 15.2. The summed E-state index contributed by atoms with van der Waals surface area (Å²) in [6.07, 6.45) is 10.6. The van der Waals surface area contributed by atoms with Crippen molar-refractivity contribution >= 4 is 11.5 Å². The van der Waals surface area contributed by atoms with Crippen LogP contribution in [0.15, 0.2) is 24.5 Å². The Morgan fingerprint density at radius 2 is 2.11 bits per heavy atom. The number of hydrogen-bond donors (Lipinski definition) is 1. The van der Waals surface area contributed by atoms with Gasteiger partial charge in [-0.15, -0.1) is 0 Å². The molecule has 0 amide bonds. The zero-order chi connectivity index (χ0) is 12.4. The first-order valence-corrected chi connectivity index (χ1v) is 6.90. The lowest BCUT2D eigenvalue weighted by Crippen LogP contribution is -2.28. The molecule has 1 unspecified atom stereocenters. The van der Waals surface area contributed by atoms with Gasteiger partial charge in [0, 0.05) is 18.3 Å². The van der Waals surface area contributed by atoms with E-state index in [1.807, 2.05) is 18.3 Å². The lowest BCUT2D eigenvalue weighted by Gasteiger charge is -2.28. The third-order valence-corrected chi connectivity index (χ3v) is 3.99. The maximum Gasteiger partial charge on any atom is 0.157 e. The molecule has 2 heterocycles. The van der Waals surface area contributed by atoms with Gasteiger partial charge in [-0.25, -0.2) is 9.50 Å². The summed E-state index contributed by atoms with van der Waals surface area (Å²) in [6.45, 7) is 2.28. The van der Waals surface area contributed by atoms with E-state index in [-0.39, 0.29) is 0 Å². The molecule has 18 heavy (non-hydrogen) atoms. The molecule has 0 bridgehead atoms. The predicted molar refractivity (Wildman–Crippen MR) is 72.6 cm³/mol. The standard InChI is InChI=1S/C14H20N4/c1-11(12-5-3-2-4-6-12)16-13-8-10-18-14(17-13)7-9-15-18/h7-12H,2-6H2,1H3,(H,16,17). The lowest BCUT2D eigenvalue weighted by molar-refractivity contribution is 0.328. The van der Waals surface area contributed by atoms with Crippen molar-refractivity contribution in [2.45, 2.75) is 45.1 Å². The van der Waals surface area contributed by atoms with Crippen LogP contribution in [0.4, 0.5) is 5.82 Å². The van der Waals surface area contributed by atoms with E-state index in [0.29, 0.717) is 6.04 Å². The van der Waals surface area contributed by atoms with Crippen LogP contribution >= 0.6 is 0 Å². The molecule has 0 saturated heterocycles. The zero-order valence-corrected chi connectivity index (χ0v) is 10.8. The number of rotatable bonds is 3. The summed E-state index contributed by atoms with van der Waals surface area (Å²) in [4.78, 5) is 4.56. The van der Waals surface area contributed by atoms with Crippen LogP contribution in [0.5, 0.6) is 0 Å². The highest BCUT2D eigenvalue weighted by Gasteiger charge is 2.20. The fraction of sp³-hybridized carbons (Fsp3) is 0.571. The molecule has 0 aliphatic heterocycles. The van der Waals surface area contributed by atoms with Crippen molar-refractivity contribution in [3.8, 4) is 0 Å². The van der Waals surface area contributed by atoms with Gasteiger partial charge in [-0.05, 0) is 31.7 Å². The van der Waals surface area contributed by atoms with Crippen LogP contribution < -0.4 is 5.32 Å². The molecule has 2 aromatic rings. The molecule has 1 N–H and O–H groups in total. The number of aromatic nitrogens is 3. The van der Waals surface area contributed by atoms with Crippen LogP contribution in [0, 0.1) is 5.92 Å². The van der Waals surface area contributed by atoms with Crippen molar-refractivity contribution in [3.05, 3.63) is 24.5 Å². The van der Waals surface area contributed by atoms with Crippen LogP contribution in [-0.2, 0) is 0 Å². The highest BCUT2D eigenvalue weighted by Crippen LogP contribution is 2.27. The van der Waals surface area contributed by atoms with E-state index in [9.17, 15) is 0 Å². The van der Waals surface area contributed by atoms with Gasteiger partial charge in [0.05, 0.1) is 6.20 Å². The molecule has 1 aliphatic carbocycles. The van der Waals surface area contributed by atoms with Crippen molar-refractivity contribution in [1.29, 1.82) is 0 Å². The second-order valence-electron chi connectivity index (χ2n) is 5.28. The summed E-state index contributed by atoms with van der Waals surface area (Å²) in [7, 11) is 0. The van der Waals surface area contributed by atoms with Gasteiger partial charge in [0.2, 0.25) is 0 Å². The molecular formula is C14H20N4. The minimum Gasteiger partial charge on any atom is -0.367 e. The van der Waals surface area contributed by atoms with Gasteiger partial charge >= 0.3 is 0 Å². The number of nitrogens with zero attached hydrogens (tertiary/aromatic N) is 3. The molecule has 1 aliphatic rings. The second kappa shape index (κ2) is 4.96. The average molecular weight is 244 g/mol. The average Bonchev–Trinajstić information content (AvgIpc) is 2.87. The Hall–Kier alpha value is -1.58. The maximum atomic E-state index is 4.56. The van der Waals surface area contributed by atoms with Crippen LogP contribution in [0.3, 0.4) is 0 Å². The van der Waals surface area contributed by atoms with E-state index in [4.69, 9.17) is 0 Å². The van der Waals surface area contributed by atoms with Gasteiger partial charge in [0.25, 0.3) is 0 Å². The third-order valence-electron chi connectivity index (χ3n) is 3.99. The first-order valence-electron chi connectivity index (χ1n) is 6.90. The zero-order valence-electron chi connectivity index (χ0n) is 10.8. The number of nitrogens with one attached hydrogen (secondary N) is 1. The van der Waals surface area contributed by atoms with Crippen molar-refractivity contribution in [2.75, 3.05) is 5.32 Å². The van der Waals surface area contributed by atoms with Crippen molar-refractivity contribution in [3.63, 3.8) is 0 Å². The lowest BCUT2D eigenvalue weighted by atomic mass is 9.84. The molecule has 96 valence electrons. The monoisotopic (exact) mass is 244 g/mol. The van der Waals surface area contributed by atoms with Gasteiger partial charge in [-0.2, -0.15) is 5.10 Å². The number of hydrogen-bond acceptors (Lipinski definition) is 3. The molecule has 0 radical (unpaired) electrons. The van der Waals surface area contributed by atoms with E-state index in [1.165, 1.54) is 32.1 Å². The summed E-state index contributed by atoms with van der Waals surface area (Å²) < 4.78 is 1.79. The largest absolute Gasteiger partial charge is 0.367 e. The molecule has 2 aromatic heterocycles. The SMILES string of the molecule is CC(Nc1ccn2nccc2n1)C1CCCCC1. The minimum absolute atomic E-state index is 0.503. The Labute approximate surface area is 107 Å². The first-order chi connectivity index (χ1) is 8.83. The van der Waals surface area contributed by atoms with E-state index in [1.54, 1.807) is 10.7 Å². The van der Waals surface area contributed by atoms with Gasteiger partial charge in [-0.3, -0.25) is 0 Å². The summed E-state index contributed by atoms with van der Waals surface area (Å²) in [5.74, 6) is 1.75. The molecule has 3 rings (SSSR count). The van der Waals surface area contributed by atoms with Crippen molar-refractivity contribution in [1.82, 2.24) is 14.6 Å².